The van der Waals surface area contributed by atoms with E-state index >= 15 is 0 Å². The molecule has 0 unspecified atom stereocenters. The van der Waals surface area contributed by atoms with Gasteiger partial charge in [-0.05, 0) is 30.3 Å². The van der Waals surface area contributed by atoms with Crippen molar-refractivity contribution < 1.29 is 14.6 Å². The Morgan fingerprint density at radius 3 is 2.62 bits per heavy atom. The molecule has 0 bridgehead atoms. The van der Waals surface area contributed by atoms with Crippen LogP contribution in [0.4, 0.5) is 0 Å². The standard InChI is InChI=1S/C15H12Cl2O3S/c16-12-6-5-10(9-11(12)15(18)19)21-8-7-20-14-4-2-1-3-13(14)17/h1-6,9H,7-8H2,(H,18,19). The molecule has 0 aliphatic rings. The molecule has 2 aromatic carbocycles. The lowest BCUT2D eigenvalue weighted by Crippen LogP contribution is -2.01. The van der Waals surface area contributed by atoms with E-state index in [0.29, 0.717) is 23.1 Å². The second kappa shape index (κ2) is 7.59. The van der Waals surface area contributed by atoms with Crippen LogP contribution in [-0.2, 0) is 0 Å². The van der Waals surface area contributed by atoms with Crippen molar-refractivity contribution in [1.82, 2.24) is 0 Å². The normalized spacial score (nSPS) is 10.4. The van der Waals surface area contributed by atoms with Crippen LogP contribution in [0.1, 0.15) is 10.4 Å². The number of halogens is 2. The van der Waals surface area contributed by atoms with Gasteiger partial charge in [-0.3, -0.25) is 0 Å². The fourth-order valence-electron chi connectivity index (χ4n) is 1.63. The molecule has 0 atom stereocenters. The molecule has 3 nitrogen and oxygen atoms in total. The third-order valence-electron chi connectivity index (χ3n) is 2.61. The van der Waals surface area contributed by atoms with Gasteiger partial charge >= 0.3 is 5.97 Å². The number of ether oxygens (including phenoxy) is 1. The van der Waals surface area contributed by atoms with E-state index in [0.717, 1.165) is 4.90 Å². The largest absolute Gasteiger partial charge is 0.491 e. The number of carboxylic acid groups (broad SMARTS) is 1. The van der Waals surface area contributed by atoms with Crippen LogP contribution in [0.25, 0.3) is 0 Å². The summed E-state index contributed by atoms with van der Waals surface area (Å²) >= 11 is 13.3. The fraction of sp³-hybridized carbons (Fsp3) is 0.133. The summed E-state index contributed by atoms with van der Waals surface area (Å²) in [7, 11) is 0. The molecule has 6 heteroatoms. The molecule has 0 aliphatic carbocycles. The van der Waals surface area contributed by atoms with Crippen molar-refractivity contribution in [1.29, 1.82) is 0 Å². The third kappa shape index (κ3) is 4.56. The minimum atomic E-state index is -1.03. The van der Waals surface area contributed by atoms with Crippen LogP contribution in [0.5, 0.6) is 5.75 Å². The van der Waals surface area contributed by atoms with Gasteiger partial charge in [0.1, 0.15) is 5.75 Å². The number of thioether (sulfide) groups is 1. The zero-order valence-electron chi connectivity index (χ0n) is 10.9. The average molecular weight is 343 g/mol. The van der Waals surface area contributed by atoms with Gasteiger partial charge in [0.05, 0.1) is 22.2 Å². The van der Waals surface area contributed by atoms with E-state index in [1.165, 1.54) is 11.8 Å². The molecule has 0 radical (unpaired) electrons. The smallest absolute Gasteiger partial charge is 0.337 e. The number of carboxylic acids is 1. The number of benzene rings is 2. The van der Waals surface area contributed by atoms with Gasteiger partial charge in [-0.15, -0.1) is 11.8 Å². The maximum Gasteiger partial charge on any atom is 0.337 e. The summed E-state index contributed by atoms with van der Waals surface area (Å²) in [6.45, 7) is 0.472. The first-order chi connectivity index (χ1) is 10.1. The molecule has 0 aliphatic heterocycles. The molecule has 0 amide bonds. The van der Waals surface area contributed by atoms with Crippen molar-refractivity contribution in [3.63, 3.8) is 0 Å². The molecule has 0 aromatic heterocycles. The summed E-state index contributed by atoms with van der Waals surface area (Å²) in [5.74, 6) is 0.281. The van der Waals surface area contributed by atoms with Gasteiger partial charge in [0.15, 0.2) is 0 Å². The van der Waals surface area contributed by atoms with Gasteiger partial charge in [-0.25, -0.2) is 4.79 Å². The van der Waals surface area contributed by atoms with Crippen LogP contribution in [-0.4, -0.2) is 23.4 Å². The van der Waals surface area contributed by atoms with Gasteiger partial charge in [0.25, 0.3) is 0 Å². The Kier molecular flexibility index (Phi) is 5.79. The summed E-state index contributed by atoms with van der Waals surface area (Å²) < 4.78 is 5.56. The lowest BCUT2D eigenvalue weighted by Gasteiger charge is -2.08. The molecule has 110 valence electrons. The molecule has 2 rings (SSSR count). The van der Waals surface area contributed by atoms with Crippen LogP contribution in [0.3, 0.4) is 0 Å². The van der Waals surface area contributed by atoms with E-state index in [1.807, 2.05) is 12.1 Å². The highest BCUT2D eigenvalue weighted by molar-refractivity contribution is 7.99. The minimum absolute atomic E-state index is 0.105. The SMILES string of the molecule is O=C(O)c1cc(SCCOc2ccccc2Cl)ccc1Cl. The zero-order valence-corrected chi connectivity index (χ0v) is 13.2. The first-order valence-electron chi connectivity index (χ1n) is 6.11. The number of carbonyl (C=O) groups is 1. The monoisotopic (exact) mass is 342 g/mol. The molecule has 1 N–H and O–H groups in total. The first-order valence-corrected chi connectivity index (χ1v) is 7.85. The van der Waals surface area contributed by atoms with Gasteiger partial charge in [0.2, 0.25) is 0 Å². The highest BCUT2D eigenvalue weighted by Crippen LogP contribution is 2.26. The first kappa shape index (κ1) is 16.0. The quantitative estimate of drug-likeness (QED) is 0.601. The molecule has 0 saturated carbocycles. The van der Waals surface area contributed by atoms with E-state index in [9.17, 15) is 4.79 Å². The van der Waals surface area contributed by atoms with Crippen LogP contribution in [0.2, 0.25) is 10.0 Å². The van der Waals surface area contributed by atoms with Gasteiger partial charge in [-0.2, -0.15) is 0 Å². The van der Waals surface area contributed by atoms with Gasteiger partial charge in [0, 0.05) is 10.6 Å². The number of aromatic carboxylic acids is 1. The topological polar surface area (TPSA) is 46.5 Å². The van der Waals surface area contributed by atoms with Crippen molar-refractivity contribution >= 4 is 40.9 Å². The van der Waals surface area contributed by atoms with Gasteiger partial charge in [-0.1, -0.05) is 35.3 Å². The Bertz CT molecular complexity index is 647. The second-order valence-electron chi connectivity index (χ2n) is 4.07. The van der Waals surface area contributed by atoms with E-state index in [-0.39, 0.29) is 10.6 Å². The van der Waals surface area contributed by atoms with E-state index in [4.69, 9.17) is 33.0 Å². The van der Waals surface area contributed by atoms with Crippen LogP contribution < -0.4 is 4.74 Å². The summed E-state index contributed by atoms with van der Waals surface area (Å²) in [5.41, 5.74) is 0.105. The van der Waals surface area contributed by atoms with E-state index in [2.05, 4.69) is 0 Å². The molecule has 2 aromatic rings. The number of rotatable bonds is 6. The zero-order chi connectivity index (χ0) is 15.2. The van der Waals surface area contributed by atoms with Crippen LogP contribution in [0, 0.1) is 0 Å². The Labute approximate surface area is 136 Å². The van der Waals surface area contributed by atoms with Crippen molar-refractivity contribution in [3.8, 4) is 5.75 Å². The van der Waals surface area contributed by atoms with Crippen molar-refractivity contribution in [2.45, 2.75) is 4.90 Å². The second-order valence-corrected chi connectivity index (χ2v) is 6.06. The highest BCUT2D eigenvalue weighted by Gasteiger charge is 2.09. The maximum atomic E-state index is 11.0. The molecular formula is C15H12Cl2O3S. The Hall–Kier alpha value is -1.36. The Morgan fingerprint density at radius 1 is 1.14 bits per heavy atom. The summed E-state index contributed by atoms with van der Waals surface area (Å²) in [5, 5.41) is 9.81. The summed E-state index contributed by atoms with van der Waals surface area (Å²) in [6.07, 6.45) is 0. The molecule has 21 heavy (non-hydrogen) atoms. The molecule has 0 heterocycles. The number of hydrogen-bond donors (Lipinski definition) is 1. The van der Waals surface area contributed by atoms with E-state index < -0.39 is 5.97 Å². The minimum Gasteiger partial charge on any atom is -0.491 e. The summed E-state index contributed by atoms with van der Waals surface area (Å²) in [6, 6.07) is 12.2. The van der Waals surface area contributed by atoms with Crippen molar-refractivity contribution in [3.05, 3.63) is 58.1 Å². The maximum absolute atomic E-state index is 11.0. The number of para-hydroxylation sites is 1. The van der Waals surface area contributed by atoms with Gasteiger partial charge < -0.3 is 9.84 Å². The molecule has 0 saturated heterocycles. The number of hydrogen-bond acceptors (Lipinski definition) is 3. The average Bonchev–Trinajstić information content (AvgIpc) is 2.46. The lowest BCUT2D eigenvalue weighted by molar-refractivity contribution is 0.0697. The molecule has 0 fully saturated rings. The lowest BCUT2D eigenvalue weighted by atomic mass is 10.2. The summed E-state index contributed by atoms with van der Waals surface area (Å²) in [4.78, 5) is 11.8. The fourth-order valence-corrected chi connectivity index (χ4v) is 2.79. The van der Waals surface area contributed by atoms with Crippen LogP contribution >= 0.6 is 35.0 Å². The Balaban J connectivity index is 1.88. The highest BCUT2D eigenvalue weighted by atomic mass is 35.5. The molecular weight excluding hydrogens is 331 g/mol. The Morgan fingerprint density at radius 2 is 1.90 bits per heavy atom. The van der Waals surface area contributed by atoms with Crippen molar-refractivity contribution in [2.75, 3.05) is 12.4 Å². The van der Waals surface area contributed by atoms with Crippen LogP contribution in [0.15, 0.2) is 47.4 Å². The predicted octanol–water partition coefficient (Wildman–Crippen LogP) is 4.86. The van der Waals surface area contributed by atoms with Crippen molar-refractivity contribution in [2.24, 2.45) is 0 Å². The van der Waals surface area contributed by atoms with E-state index in [1.54, 1.807) is 30.3 Å². The molecule has 0 spiro atoms. The predicted molar refractivity (Wildman–Crippen MR) is 86.1 cm³/mol. The third-order valence-corrected chi connectivity index (χ3v) is 4.21.